The summed E-state index contributed by atoms with van der Waals surface area (Å²) in [7, 11) is 0. The average Bonchev–Trinajstić information content (AvgIpc) is 3.55. The molecule has 174 valence electrons. The number of benzene rings is 1. The lowest BCUT2D eigenvalue weighted by Crippen LogP contribution is -2.57. The van der Waals surface area contributed by atoms with Gasteiger partial charge in [-0.1, -0.05) is 17.7 Å². The summed E-state index contributed by atoms with van der Waals surface area (Å²) in [6.07, 6.45) is 7.01. The van der Waals surface area contributed by atoms with Crippen molar-refractivity contribution in [3.63, 3.8) is 0 Å². The molecule has 1 spiro atoms. The van der Waals surface area contributed by atoms with Crippen molar-refractivity contribution < 1.29 is 19.1 Å². The Hall–Kier alpha value is -1.96. The predicted octanol–water partition coefficient (Wildman–Crippen LogP) is 2.79. The number of β-amino-alcohol motifs (C(OH)–C–C–N with tert-alkyl or cyclic N) is 1. The number of hydrogen-bond donors (Lipinski definition) is 1. The van der Waals surface area contributed by atoms with E-state index in [1.165, 1.54) is 18.2 Å². The van der Waals surface area contributed by atoms with Crippen molar-refractivity contribution in [1.82, 2.24) is 14.7 Å². The lowest BCUT2D eigenvalue weighted by Gasteiger charge is -2.39. The Bertz CT molecular complexity index is 904. The van der Waals surface area contributed by atoms with Gasteiger partial charge in [-0.05, 0) is 74.9 Å². The zero-order valence-corrected chi connectivity index (χ0v) is 19.2. The molecule has 2 amide bonds. The van der Waals surface area contributed by atoms with Crippen molar-refractivity contribution in [1.29, 1.82) is 0 Å². The third-order valence-corrected chi connectivity index (χ3v) is 7.54. The maximum atomic E-state index is 13.3. The Morgan fingerprint density at radius 1 is 1.25 bits per heavy atom. The van der Waals surface area contributed by atoms with Gasteiger partial charge < -0.3 is 19.8 Å². The van der Waals surface area contributed by atoms with E-state index in [0.717, 1.165) is 45.3 Å². The molecule has 0 bridgehead atoms. The maximum Gasteiger partial charge on any atom is 0.247 e. The highest BCUT2D eigenvalue weighted by atomic mass is 35.5. The number of halogens is 2. The smallest absolute Gasteiger partial charge is 0.247 e. The minimum Gasteiger partial charge on any atom is -0.391 e. The fraction of sp³-hybridized carbons (Fsp3) is 0.583. The highest BCUT2D eigenvalue weighted by molar-refractivity contribution is 6.30. The molecule has 8 heteroatoms. The van der Waals surface area contributed by atoms with Crippen molar-refractivity contribution >= 4 is 29.5 Å². The van der Waals surface area contributed by atoms with Gasteiger partial charge in [0.15, 0.2) is 0 Å². The van der Waals surface area contributed by atoms with E-state index in [0.29, 0.717) is 25.2 Å². The molecule has 6 nitrogen and oxygen atoms in total. The van der Waals surface area contributed by atoms with Gasteiger partial charge in [-0.25, -0.2) is 4.39 Å². The van der Waals surface area contributed by atoms with Crippen molar-refractivity contribution in [3.05, 3.63) is 40.7 Å². The summed E-state index contributed by atoms with van der Waals surface area (Å²) < 4.78 is 13.3. The van der Waals surface area contributed by atoms with Crippen LogP contribution in [0.15, 0.2) is 24.3 Å². The van der Waals surface area contributed by atoms with Gasteiger partial charge >= 0.3 is 0 Å². The van der Waals surface area contributed by atoms with Crippen LogP contribution in [0, 0.1) is 11.2 Å². The van der Waals surface area contributed by atoms with Gasteiger partial charge in [-0.2, -0.15) is 0 Å². The Kier molecular flexibility index (Phi) is 6.89. The van der Waals surface area contributed by atoms with Gasteiger partial charge in [0.05, 0.1) is 11.1 Å². The van der Waals surface area contributed by atoms with E-state index in [-0.39, 0.29) is 28.4 Å². The van der Waals surface area contributed by atoms with E-state index >= 15 is 0 Å². The summed E-state index contributed by atoms with van der Waals surface area (Å²) in [5.74, 6) is -0.797. The van der Waals surface area contributed by atoms with Crippen LogP contribution in [0.1, 0.15) is 38.2 Å². The van der Waals surface area contributed by atoms with E-state index < -0.39 is 11.9 Å². The van der Waals surface area contributed by atoms with Crippen LogP contribution in [-0.2, 0) is 9.59 Å². The van der Waals surface area contributed by atoms with Gasteiger partial charge in [0, 0.05) is 32.3 Å². The Balaban J connectivity index is 1.24. The number of rotatable bonds is 6. The minimum atomic E-state index is -0.524. The van der Waals surface area contributed by atoms with Crippen LogP contribution >= 0.6 is 11.6 Å². The zero-order chi connectivity index (χ0) is 22.9. The number of piperazine rings is 1. The molecular formula is C24H31ClFN3O3. The summed E-state index contributed by atoms with van der Waals surface area (Å²) >= 11 is 5.78. The number of hydrogen-bond acceptors (Lipinski definition) is 4. The SMILES string of the molecule is CC1C(=O)N(CCCN2CCC3(CC3)C(O)C2)CCN1C(=O)/C=C/c1ccc(F)c(Cl)c1. The Morgan fingerprint density at radius 2 is 2.03 bits per heavy atom. The standard InChI is InChI=1S/C24H31ClFN3O3/c1-17-23(32)28(11-2-10-27-12-9-24(7-8-24)21(30)16-27)13-14-29(17)22(31)6-4-18-3-5-20(26)19(25)15-18/h3-6,15,17,21,30H,2,7-14,16H2,1H3/b6-4+. The summed E-state index contributed by atoms with van der Waals surface area (Å²) in [6, 6.07) is 3.73. The second kappa shape index (κ2) is 9.49. The number of carbonyl (C=O) groups excluding carboxylic acids is 2. The fourth-order valence-corrected chi connectivity index (χ4v) is 5.03. The van der Waals surface area contributed by atoms with Crippen LogP contribution in [0.5, 0.6) is 0 Å². The molecule has 32 heavy (non-hydrogen) atoms. The molecule has 0 radical (unpaired) electrons. The first-order chi connectivity index (χ1) is 15.3. The van der Waals surface area contributed by atoms with Crippen molar-refractivity contribution in [3.8, 4) is 0 Å². The topological polar surface area (TPSA) is 64.1 Å². The molecule has 3 fully saturated rings. The maximum absolute atomic E-state index is 13.3. The quantitative estimate of drug-likeness (QED) is 0.659. The van der Waals surface area contributed by atoms with Crippen LogP contribution in [-0.4, -0.2) is 83.0 Å². The molecule has 1 aromatic carbocycles. The molecule has 4 rings (SSSR count). The minimum absolute atomic E-state index is 0.00265. The van der Waals surface area contributed by atoms with Crippen LogP contribution in [0.25, 0.3) is 6.08 Å². The summed E-state index contributed by atoms with van der Waals surface area (Å²) in [4.78, 5) is 31.1. The second-order valence-electron chi connectivity index (χ2n) is 9.32. The molecule has 2 unspecified atom stereocenters. The lowest BCUT2D eigenvalue weighted by atomic mass is 9.90. The molecule has 2 atom stereocenters. The molecule has 1 aliphatic carbocycles. The third kappa shape index (κ3) is 5.00. The van der Waals surface area contributed by atoms with Crippen molar-refractivity contribution in [2.45, 2.75) is 44.8 Å². The molecule has 1 N–H and O–H groups in total. The van der Waals surface area contributed by atoms with Gasteiger partial charge in [0.1, 0.15) is 11.9 Å². The first-order valence-corrected chi connectivity index (χ1v) is 11.8. The molecule has 2 saturated heterocycles. The van der Waals surface area contributed by atoms with Crippen LogP contribution in [0.3, 0.4) is 0 Å². The number of aliphatic hydroxyl groups excluding tert-OH is 1. The molecule has 1 saturated carbocycles. The average molecular weight is 464 g/mol. The summed E-state index contributed by atoms with van der Waals surface area (Å²) in [5, 5.41) is 10.3. The van der Waals surface area contributed by atoms with Gasteiger partial charge in [-0.15, -0.1) is 0 Å². The second-order valence-corrected chi connectivity index (χ2v) is 9.73. The van der Waals surface area contributed by atoms with Crippen molar-refractivity contribution in [2.24, 2.45) is 5.41 Å². The van der Waals surface area contributed by atoms with E-state index in [4.69, 9.17) is 11.6 Å². The lowest BCUT2D eigenvalue weighted by molar-refractivity contribution is -0.148. The van der Waals surface area contributed by atoms with Crippen molar-refractivity contribution in [2.75, 3.05) is 39.3 Å². The van der Waals surface area contributed by atoms with E-state index in [9.17, 15) is 19.1 Å². The Labute approximate surface area is 193 Å². The summed E-state index contributed by atoms with van der Waals surface area (Å²) in [6.45, 7) is 6.03. The first kappa shape index (κ1) is 23.2. The highest BCUT2D eigenvalue weighted by Crippen LogP contribution is 2.53. The number of likely N-dealkylation sites (tertiary alicyclic amines) is 1. The third-order valence-electron chi connectivity index (χ3n) is 7.25. The zero-order valence-electron chi connectivity index (χ0n) is 18.5. The normalized spacial score (nSPS) is 25.7. The largest absolute Gasteiger partial charge is 0.391 e. The molecule has 2 aliphatic heterocycles. The highest BCUT2D eigenvalue weighted by Gasteiger charge is 2.51. The molecular weight excluding hydrogens is 433 g/mol. The number of amides is 2. The predicted molar refractivity (Wildman–Crippen MR) is 122 cm³/mol. The van der Waals surface area contributed by atoms with Crippen LogP contribution < -0.4 is 0 Å². The molecule has 0 aromatic heterocycles. The number of carbonyl (C=O) groups is 2. The number of aliphatic hydroxyl groups is 1. The first-order valence-electron chi connectivity index (χ1n) is 11.4. The van der Waals surface area contributed by atoms with Gasteiger partial charge in [0.25, 0.3) is 0 Å². The number of nitrogens with zero attached hydrogens (tertiary/aromatic N) is 3. The molecule has 3 aliphatic rings. The Morgan fingerprint density at radius 3 is 2.72 bits per heavy atom. The molecule has 1 aromatic rings. The fourth-order valence-electron chi connectivity index (χ4n) is 4.84. The van der Waals surface area contributed by atoms with Gasteiger partial charge in [-0.3, -0.25) is 9.59 Å². The van der Waals surface area contributed by atoms with Crippen LogP contribution in [0.2, 0.25) is 5.02 Å². The monoisotopic (exact) mass is 463 g/mol. The van der Waals surface area contributed by atoms with Gasteiger partial charge in [0.2, 0.25) is 11.8 Å². The van der Waals surface area contributed by atoms with E-state index in [1.807, 2.05) is 4.90 Å². The van der Waals surface area contributed by atoms with Crippen LogP contribution in [0.4, 0.5) is 4.39 Å². The number of piperidine rings is 1. The van der Waals surface area contributed by atoms with E-state index in [2.05, 4.69) is 4.90 Å². The summed E-state index contributed by atoms with van der Waals surface area (Å²) in [5.41, 5.74) is 0.833. The molecule has 2 heterocycles. The van der Waals surface area contributed by atoms with E-state index in [1.54, 1.807) is 24.0 Å².